The van der Waals surface area contributed by atoms with Crippen molar-refractivity contribution in [3.8, 4) is 0 Å². The van der Waals surface area contributed by atoms with Crippen LogP contribution in [0.4, 0.5) is 0 Å². The summed E-state index contributed by atoms with van der Waals surface area (Å²) in [5.74, 6) is -0.256. The maximum Gasteiger partial charge on any atom is 0.332 e. The summed E-state index contributed by atoms with van der Waals surface area (Å²) >= 11 is 0. The molecule has 1 N–H and O–H groups in total. The highest BCUT2D eigenvalue weighted by Crippen LogP contribution is 2.26. The van der Waals surface area contributed by atoms with Crippen LogP contribution in [-0.4, -0.2) is 48.7 Å². The first-order valence-electron chi connectivity index (χ1n) is 8.36. The second-order valence-corrected chi connectivity index (χ2v) is 6.64. The lowest BCUT2D eigenvalue weighted by molar-refractivity contribution is -0.0194. The summed E-state index contributed by atoms with van der Waals surface area (Å²) in [5, 5.41) is 10.6. The summed E-state index contributed by atoms with van der Waals surface area (Å²) in [6, 6.07) is 3.04. The van der Waals surface area contributed by atoms with E-state index >= 15 is 0 Å². The van der Waals surface area contributed by atoms with E-state index < -0.39 is 16.9 Å². The van der Waals surface area contributed by atoms with Gasteiger partial charge in [-0.05, 0) is 31.4 Å². The minimum absolute atomic E-state index is 0.192. The summed E-state index contributed by atoms with van der Waals surface area (Å²) in [6.45, 7) is 2.85. The van der Waals surface area contributed by atoms with Crippen LogP contribution < -0.4 is 11.2 Å². The van der Waals surface area contributed by atoms with Crippen LogP contribution in [0.15, 0.2) is 21.7 Å². The molecule has 2 aromatic heterocycles. The van der Waals surface area contributed by atoms with Gasteiger partial charge in [0.1, 0.15) is 11.3 Å². The van der Waals surface area contributed by atoms with Crippen LogP contribution in [-0.2, 0) is 14.1 Å². The average molecular weight is 346 g/mol. The van der Waals surface area contributed by atoms with Gasteiger partial charge in [-0.2, -0.15) is 0 Å². The van der Waals surface area contributed by atoms with Gasteiger partial charge in [-0.15, -0.1) is 0 Å². The molecule has 1 aliphatic heterocycles. The van der Waals surface area contributed by atoms with Gasteiger partial charge in [0.25, 0.3) is 11.5 Å². The third kappa shape index (κ3) is 2.86. The Kier molecular flexibility index (Phi) is 4.24. The Balaban J connectivity index is 1.96. The van der Waals surface area contributed by atoms with E-state index in [1.807, 2.05) is 6.92 Å². The van der Waals surface area contributed by atoms with Crippen LogP contribution >= 0.6 is 0 Å². The van der Waals surface area contributed by atoms with Crippen LogP contribution in [0, 0.1) is 0 Å². The number of aromatic nitrogens is 3. The Morgan fingerprint density at radius 3 is 2.44 bits per heavy atom. The maximum absolute atomic E-state index is 12.7. The van der Waals surface area contributed by atoms with Crippen LogP contribution in [0.1, 0.15) is 36.7 Å². The van der Waals surface area contributed by atoms with Gasteiger partial charge in [-0.3, -0.25) is 18.7 Å². The van der Waals surface area contributed by atoms with Crippen molar-refractivity contribution in [1.29, 1.82) is 0 Å². The monoisotopic (exact) mass is 346 g/mol. The smallest absolute Gasteiger partial charge is 0.332 e. The van der Waals surface area contributed by atoms with Crippen molar-refractivity contribution in [3.63, 3.8) is 0 Å². The van der Waals surface area contributed by atoms with Crippen LogP contribution in [0.25, 0.3) is 11.0 Å². The highest BCUT2D eigenvalue weighted by atomic mass is 16.3. The number of aliphatic hydroxyl groups is 1. The molecule has 25 heavy (non-hydrogen) atoms. The topological polar surface area (TPSA) is 97.4 Å². The Morgan fingerprint density at radius 2 is 1.84 bits per heavy atom. The zero-order chi connectivity index (χ0) is 18.4. The van der Waals surface area contributed by atoms with Crippen LogP contribution in [0.3, 0.4) is 0 Å². The van der Waals surface area contributed by atoms with Crippen LogP contribution in [0.2, 0.25) is 0 Å². The number of carbonyl (C=O) groups excluding carboxylic acids is 1. The Hall–Kier alpha value is -2.48. The largest absolute Gasteiger partial charge is 0.390 e. The van der Waals surface area contributed by atoms with E-state index in [2.05, 4.69) is 4.98 Å². The number of nitrogens with zero attached hydrogens (tertiary/aromatic N) is 4. The minimum Gasteiger partial charge on any atom is -0.390 e. The second kappa shape index (κ2) is 6.11. The molecule has 1 saturated heterocycles. The van der Waals surface area contributed by atoms with Crippen molar-refractivity contribution in [2.24, 2.45) is 14.1 Å². The quantitative estimate of drug-likeness (QED) is 0.826. The molecule has 3 heterocycles. The number of hydrogen-bond acceptors (Lipinski definition) is 5. The van der Waals surface area contributed by atoms with Gasteiger partial charge in [0.2, 0.25) is 0 Å². The van der Waals surface area contributed by atoms with E-state index in [9.17, 15) is 19.5 Å². The van der Waals surface area contributed by atoms with Gasteiger partial charge >= 0.3 is 5.69 Å². The zero-order valence-electron chi connectivity index (χ0n) is 14.7. The average Bonchev–Trinajstić information content (AvgIpc) is 2.64. The Morgan fingerprint density at radius 1 is 1.20 bits per heavy atom. The molecular weight excluding hydrogens is 324 g/mol. The summed E-state index contributed by atoms with van der Waals surface area (Å²) in [7, 11) is 2.93. The van der Waals surface area contributed by atoms with Gasteiger partial charge < -0.3 is 10.0 Å². The van der Waals surface area contributed by atoms with Gasteiger partial charge in [-0.1, -0.05) is 6.92 Å². The second-order valence-electron chi connectivity index (χ2n) is 6.64. The molecular formula is C17H22N4O4. The van der Waals surface area contributed by atoms with E-state index in [1.165, 1.54) is 30.8 Å². The molecule has 0 aromatic carbocycles. The molecule has 1 fully saturated rings. The van der Waals surface area contributed by atoms with Gasteiger partial charge in [-0.25, -0.2) is 9.78 Å². The predicted octanol–water partition coefficient (Wildman–Crippen LogP) is 0.00930. The van der Waals surface area contributed by atoms with Crippen molar-refractivity contribution in [2.45, 2.75) is 31.8 Å². The molecule has 8 heteroatoms. The van der Waals surface area contributed by atoms with Crippen LogP contribution in [0.5, 0.6) is 0 Å². The van der Waals surface area contributed by atoms with Crippen molar-refractivity contribution in [1.82, 2.24) is 19.0 Å². The van der Waals surface area contributed by atoms with E-state index in [-0.39, 0.29) is 17.2 Å². The predicted molar refractivity (Wildman–Crippen MR) is 92.6 cm³/mol. The van der Waals surface area contributed by atoms with E-state index in [0.29, 0.717) is 37.7 Å². The first-order valence-corrected chi connectivity index (χ1v) is 8.36. The molecule has 3 rings (SSSR count). The molecule has 0 saturated carbocycles. The first-order chi connectivity index (χ1) is 11.8. The molecule has 1 amide bonds. The first kappa shape index (κ1) is 17.3. The van der Waals surface area contributed by atoms with E-state index in [0.717, 1.165) is 4.57 Å². The SMILES string of the molecule is CCC1(O)CCN(C(=O)c2ccc3c(=O)n(C)c(=O)n(C)c3n2)CC1. The normalized spacial score (nSPS) is 17.0. The number of piperidine rings is 1. The molecule has 0 radical (unpaired) electrons. The number of rotatable bonds is 2. The van der Waals surface area contributed by atoms with E-state index in [4.69, 9.17) is 0 Å². The highest BCUT2D eigenvalue weighted by Gasteiger charge is 2.33. The summed E-state index contributed by atoms with van der Waals surface area (Å²) in [6.07, 6.45) is 1.72. The third-order valence-electron chi connectivity index (χ3n) is 5.16. The molecule has 8 nitrogen and oxygen atoms in total. The fourth-order valence-corrected chi connectivity index (χ4v) is 3.21. The number of likely N-dealkylation sites (tertiary alicyclic amines) is 1. The number of carbonyl (C=O) groups is 1. The number of fused-ring (bicyclic) bond motifs is 1. The summed E-state index contributed by atoms with van der Waals surface area (Å²) in [4.78, 5) is 42.8. The summed E-state index contributed by atoms with van der Waals surface area (Å²) in [5.41, 5.74) is -1.24. The number of hydrogen-bond donors (Lipinski definition) is 1. The van der Waals surface area contributed by atoms with E-state index in [1.54, 1.807) is 4.90 Å². The van der Waals surface area contributed by atoms with Gasteiger partial charge in [0, 0.05) is 27.2 Å². The highest BCUT2D eigenvalue weighted by molar-refractivity contribution is 5.94. The molecule has 0 atom stereocenters. The van der Waals surface area contributed by atoms with Crippen molar-refractivity contribution in [2.75, 3.05) is 13.1 Å². The number of pyridine rings is 1. The standard InChI is InChI=1S/C17H22N4O4/c1-4-17(25)7-9-21(10-8-17)15(23)12-6-5-11-13(18-12)19(2)16(24)20(3)14(11)22/h5-6,25H,4,7-10H2,1-3H3. The molecule has 0 aliphatic carbocycles. The molecule has 0 bridgehead atoms. The molecule has 0 unspecified atom stereocenters. The minimum atomic E-state index is -0.705. The zero-order valence-corrected chi connectivity index (χ0v) is 14.7. The Labute approximate surface area is 144 Å². The molecule has 134 valence electrons. The molecule has 1 aliphatic rings. The van der Waals surface area contributed by atoms with Crippen molar-refractivity contribution in [3.05, 3.63) is 38.7 Å². The lowest BCUT2D eigenvalue weighted by Crippen LogP contribution is -2.46. The molecule has 0 spiro atoms. The number of aryl methyl sites for hydroxylation is 1. The van der Waals surface area contributed by atoms with Gasteiger partial charge in [0.05, 0.1) is 11.0 Å². The lowest BCUT2D eigenvalue weighted by atomic mass is 9.89. The summed E-state index contributed by atoms with van der Waals surface area (Å²) < 4.78 is 2.28. The fourth-order valence-electron chi connectivity index (χ4n) is 3.21. The van der Waals surface area contributed by atoms with Gasteiger partial charge in [0.15, 0.2) is 0 Å². The van der Waals surface area contributed by atoms with Crippen molar-refractivity contribution < 1.29 is 9.90 Å². The third-order valence-corrected chi connectivity index (χ3v) is 5.16. The Bertz CT molecular complexity index is 951. The maximum atomic E-state index is 12.7. The number of amides is 1. The fraction of sp³-hybridized carbons (Fsp3) is 0.529. The van der Waals surface area contributed by atoms with Crippen molar-refractivity contribution >= 4 is 16.9 Å². The lowest BCUT2D eigenvalue weighted by Gasteiger charge is -2.37. The molecule has 2 aromatic rings.